The van der Waals surface area contributed by atoms with Crippen LogP contribution in [0.2, 0.25) is 20.1 Å². The summed E-state index contributed by atoms with van der Waals surface area (Å²) in [5.74, 6) is 0. The lowest BCUT2D eigenvalue weighted by molar-refractivity contribution is 0.581. The lowest BCUT2D eigenvalue weighted by Gasteiger charge is -2.10. The van der Waals surface area contributed by atoms with Gasteiger partial charge < -0.3 is 0 Å². The van der Waals surface area contributed by atoms with Gasteiger partial charge in [-0.2, -0.15) is 0 Å². The van der Waals surface area contributed by atoms with E-state index in [9.17, 15) is 8.42 Å². The van der Waals surface area contributed by atoms with Crippen molar-refractivity contribution in [2.45, 2.75) is 11.4 Å². The highest BCUT2D eigenvalue weighted by Gasteiger charge is 2.18. The molecule has 2 aromatic rings. The van der Waals surface area contributed by atoms with Crippen LogP contribution in [0.3, 0.4) is 0 Å². The van der Waals surface area contributed by atoms with Crippen LogP contribution < -0.4 is 4.72 Å². The summed E-state index contributed by atoms with van der Waals surface area (Å²) in [4.78, 5) is -0.0881. The zero-order valence-electron chi connectivity index (χ0n) is 10.4. The second-order valence-electron chi connectivity index (χ2n) is 4.14. The molecule has 112 valence electrons. The van der Waals surface area contributed by atoms with Crippen LogP contribution in [0.25, 0.3) is 0 Å². The molecule has 0 aliphatic rings. The van der Waals surface area contributed by atoms with E-state index in [0.717, 1.165) is 0 Å². The van der Waals surface area contributed by atoms with E-state index >= 15 is 0 Å². The summed E-state index contributed by atoms with van der Waals surface area (Å²) in [5, 5.41) is 1.25. The van der Waals surface area contributed by atoms with Crippen molar-refractivity contribution in [1.29, 1.82) is 0 Å². The first-order valence-corrected chi connectivity index (χ1v) is 8.68. The molecule has 0 bridgehead atoms. The molecule has 0 atom stereocenters. The molecule has 0 amide bonds. The minimum atomic E-state index is -3.81. The molecule has 2 rings (SSSR count). The first-order valence-electron chi connectivity index (χ1n) is 5.68. The third kappa shape index (κ3) is 4.25. The van der Waals surface area contributed by atoms with Crippen LogP contribution in [0.1, 0.15) is 5.56 Å². The van der Waals surface area contributed by atoms with Crippen LogP contribution in [-0.2, 0) is 16.6 Å². The number of hydrogen-bond donors (Lipinski definition) is 1. The van der Waals surface area contributed by atoms with Gasteiger partial charge in [-0.1, -0.05) is 46.4 Å². The highest BCUT2D eigenvalue weighted by Crippen LogP contribution is 2.26. The Morgan fingerprint density at radius 2 is 1.43 bits per heavy atom. The molecular weight excluding hydrogens is 376 g/mol. The Balaban J connectivity index is 2.26. The van der Waals surface area contributed by atoms with Gasteiger partial charge in [-0.05, 0) is 42.0 Å². The number of rotatable bonds is 4. The molecule has 0 radical (unpaired) electrons. The van der Waals surface area contributed by atoms with Crippen molar-refractivity contribution < 1.29 is 8.42 Å². The van der Waals surface area contributed by atoms with Crippen molar-refractivity contribution in [1.82, 2.24) is 4.72 Å². The summed E-state index contributed by atoms with van der Waals surface area (Å²) in [6.45, 7) is -0.00936. The molecular formula is C13H9Cl4NO2S. The van der Waals surface area contributed by atoms with Gasteiger partial charge in [-0.25, -0.2) is 13.1 Å². The van der Waals surface area contributed by atoms with Gasteiger partial charge in [0, 0.05) is 21.6 Å². The van der Waals surface area contributed by atoms with E-state index in [1.807, 2.05) is 0 Å². The number of benzene rings is 2. The van der Waals surface area contributed by atoms with Crippen LogP contribution in [0, 0.1) is 0 Å². The second kappa shape index (κ2) is 6.73. The van der Waals surface area contributed by atoms with Crippen molar-refractivity contribution in [2.24, 2.45) is 0 Å². The molecule has 0 aliphatic heterocycles. The van der Waals surface area contributed by atoms with Gasteiger partial charge in [0.15, 0.2) is 0 Å². The lowest BCUT2D eigenvalue weighted by Crippen LogP contribution is -2.23. The third-order valence-electron chi connectivity index (χ3n) is 2.64. The number of halogens is 4. The maximum Gasteiger partial charge on any atom is 0.242 e. The van der Waals surface area contributed by atoms with Crippen molar-refractivity contribution in [3.63, 3.8) is 0 Å². The van der Waals surface area contributed by atoms with Gasteiger partial charge in [-0.15, -0.1) is 0 Å². The summed E-state index contributed by atoms with van der Waals surface area (Å²) in [5.41, 5.74) is 0.561. The SMILES string of the molecule is O=S(=O)(NCc1cc(Cl)ccc1Cl)c1cc(Cl)ccc1Cl. The molecule has 0 aliphatic carbocycles. The predicted molar refractivity (Wildman–Crippen MR) is 86.9 cm³/mol. The van der Waals surface area contributed by atoms with E-state index in [-0.39, 0.29) is 21.5 Å². The summed E-state index contributed by atoms with van der Waals surface area (Å²) in [6.07, 6.45) is 0. The smallest absolute Gasteiger partial charge is 0.207 e. The van der Waals surface area contributed by atoms with Gasteiger partial charge in [0.2, 0.25) is 10.0 Å². The monoisotopic (exact) mass is 383 g/mol. The summed E-state index contributed by atoms with van der Waals surface area (Å²) >= 11 is 23.5. The van der Waals surface area contributed by atoms with Gasteiger partial charge in [0.05, 0.1) is 5.02 Å². The Hall–Kier alpha value is -0.490. The standard InChI is InChI=1S/C13H9Cl4NO2S/c14-9-1-3-11(16)8(5-9)7-18-21(19,20)13-6-10(15)2-4-12(13)17/h1-6,18H,7H2. The summed E-state index contributed by atoms with van der Waals surface area (Å²) in [7, 11) is -3.81. The number of nitrogens with one attached hydrogen (secondary N) is 1. The highest BCUT2D eigenvalue weighted by molar-refractivity contribution is 7.89. The quantitative estimate of drug-likeness (QED) is 0.824. The van der Waals surface area contributed by atoms with Crippen LogP contribution >= 0.6 is 46.4 Å². The summed E-state index contributed by atoms with van der Waals surface area (Å²) in [6, 6.07) is 9.02. The zero-order chi connectivity index (χ0) is 15.6. The predicted octanol–water partition coefficient (Wildman–Crippen LogP) is 4.78. The molecule has 8 heteroatoms. The van der Waals surface area contributed by atoms with Crippen molar-refractivity contribution >= 4 is 56.4 Å². The van der Waals surface area contributed by atoms with Gasteiger partial charge in [0.1, 0.15) is 4.90 Å². The fourth-order valence-corrected chi connectivity index (χ4v) is 3.76. The Morgan fingerprint density at radius 1 is 0.857 bits per heavy atom. The molecule has 0 heterocycles. The normalized spacial score (nSPS) is 11.6. The average Bonchev–Trinajstić information content (AvgIpc) is 2.42. The Bertz CT molecular complexity index is 778. The average molecular weight is 385 g/mol. The van der Waals surface area contributed by atoms with E-state index in [0.29, 0.717) is 15.6 Å². The second-order valence-corrected chi connectivity index (χ2v) is 7.56. The molecule has 21 heavy (non-hydrogen) atoms. The first-order chi connectivity index (χ1) is 9.79. The van der Waals surface area contributed by atoms with E-state index in [1.165, 1.54) is 18.2 Å². The molecule has 0 aromatic heterocycles. The molecule has 2 aromatic carbocycles. The topological polar surface area (TPSA) is 46.2 Å². The molecule has 0 unspecified atom stereocenters. The largest absolute Gasteiger partial charge is 0.242 e. The van der Waals surface area contributed by atoms with Crippen LogP contribution in [0.15, 0.2) is 41.3 Å². The molecule has 1 N–H and O–H groups in total. The maximum absolute atomic E-state index is 12.2. The van der Waals surface area contributed by atoms with E-state index < -0.39 is 10.0 Å². The van der Waals surface area contributed by atoms with Crippen LogP contribution in [0.4, 0.5) is 0 Å². The molecule has 0 spiro atoms. The minimum Gasteiger partial charge on any atom is -0.207 e. The first kappa shape index (κ1) is 16.9. The van der Waals surface area contributed by atoms with Crippen LogP contribution in [0.5, 0.6) is 0 Å². The lowest BCUT2D eigenvalue weighted by atomic mass is 10.2. The van der Waals surface area contributed by atoms with Gasteiger partial charge in [-0.3, -0.25) is 0 Å². The van der Waals surface area contributed by atoms with E-state index in [2.05, 4.69) is 4.72 Å². The fraction of sp³-hybridized carbons (Fsp3) is 0.0769. The number of sulfonamides is 1. The highest BCUT2D eigenvalue weighted by atomic mass is 35.5. The molecule has 0 saturated heterocycles. The van der Waals surface area contributed by atoms with Crippen molar-refractivity contribution in [2.75, 3.05) is 0 Å². The maximum atomic E-state index is 12.2. The Kier molecular flexibility index (Phi) is 5.41. The van der Waals surface area contributed by atoms with Crippen molar-refractivity contribution in [3.8, 4) is 0 Å². The summed E-state index contributed by atoms with van der Waals surface area (Å²) < 4.78 is 26.9. The molecule has 0 saturated carbocycles. The van der Waals surface area contributed by atoms with Gasteiger partial charge >= 0.3 is 0 Å². The number of hydrogen-bond acceptors (Lipinski definition) is 2. The zero-order valence-corrected chi connectivity index (χ0v) is 14.2. The van der Waals surface area contributed by atoms with E-state index in [1.54, 1.807) is 18.2 Å². The Morgan fingerprint density at radius 3 is 2.10 bits per heavy atom. The molecule has 3 nitrogen and oxygen atoms in total. The Labute approximate surface area is 142 Å². The van der Waals surface area contributed by atoms with E-state index in [4.69, 9.17) is 46.4 Å². The third-order valence-corrected chi connectivity index (χ3v) is 5.36. The van der Waals surface area contributed by atoms with Crippen molar-refractivity contribution in [3.05, 3.63) is 62.1 Å². The fourth-order valence-electron chi connectivity index (χ4n) is 1.61. The minimum absolute atomic E-state index is 0.00936. The van der Waals surface area contributed by atoms with Gasteiger partial charge in [0.25, 0.3) is 0 Å². The molecule has 0 fully saturated rings. The van der Waals surface area contributed by atoms with Crippen LogP contribution in [-0.4, -0.2) is 8.42 Å².